The molecule has 0 fully saturated rings. The smallest absolute Gasteiger partial charge is 0.258 e. The molecule has 1 aliphatic heterocycles. The monoisotopic (exact) mass is 389 g/mol. The predicted molar refractivity (Wildman–Crippen MR) is 110 cm³/mol. The maximum absolute atomic E-state index is 13.3. The lowest BCUT2D eigenvalue weighted by Gasteiger charge is -2.20. The molecular weight excluding hydrogens is 366 g/mol. The molecule has 0 radical (unpaired) electrons. The number of aromatic nitrogens is 4. The predicted octanol–water partition coefficient (Wildman–Crippen LogP) is 2.12. The highest BCUT2D eigenvalue weighted by Gasteiger charge is 2.28. The first-order valence-electron chi connectivity index (χ1n) is 10.1. The Kier molecular flexibility index (Phi) is 4.12. The van der Waals surface area contributed by atoms with Crippen LogP contribution in [0.3, 0.4) is 0 Å². The van der Waals surface area contributed by atoms with Crippen molar-refractivity contribution in [1.29, 1.82) is 0 Å². The van der Waals surface area contributed by atoms with E-state index in [0.29, 0.717) is 12.5 Å². The molecule has 3 heterocycles. The number of benzene rings is 1. The first-order chi connectivity index (χ1) is 14.0. The number of carbonyl (C=O) groups excluding carboxylic acids is 1. The molecule has 2 aliphatic rings. The molecule has 148 valence electrons. The zero-order chi connectivity index (χ0) is 20.1. The summed E-state index contributed by atoms with van der Waals surface area (Å²) in [4.78, 5) is 33.0. The molecule has 0 N–H and O–H groups in total. The summed E-state index contributed by atoms with van der Waals surface area (Å²) in [5, 5.41) is 4.52. The van der Waals surface area contributed by atoms with E-state index in [4.69, 9.17) is 4.98 Å². The fourth-order valence-corrected chi connectivity index (χ4v) is 4.47. The fourth-order valence-electron chi connectivity index (χ4n) is 4.47. The van der Waals surface area contributed by atoms with Gasteiger partial charge in [-0.05, 0) is 57.2 Å². The second-order valence-corrected chi connectivity index (χ2v) is 7.84. The molecular formula is C22H23N5O2. The van der Waals surface area contributed by atoms with Gasteiger partial charge in [-0.25, -0.2) is 9.67 Å². The molecule has 3 aromatic rings. The van der Waals surface area contributed by atoms with Crippen molar-refractivity contribution < 1.29 is 4.79 Å². The summed E-state index contributed by atoms with van der Waals surface area (Å²) >= 11 is 0. The van der Waals surface area contributed by atoms with Gasteiger partial charge in [0.25, 0.3) is 5.56 Å². The summed E-state index contributed by atoms with van der Waals surface area (Å²) in [7, 11) is 0. The van der Waals surface area contributed by atoms with Crippen molar-refractivity contribution in [3.05, 3.63) is 68.9 Å². The summed E-state index contributed by atoms with van der Waals surface area (Å²) < 4.78 is 3.19. The van der Waals surface area contributed by atoms with Crippen LogP contribution in [0.25, 0.3) is 5.95 Å². The third-order valence-electron chi connectivity index (χ3n) is 5.85. The minimum absolute atomic E-state index is 0.0405. The number of rotatable bonds is 3. The quantitative estimate of drug-likeness (QED) is 0.688. The maximum Gasteiger partial charge on any atom is 0.258 e. The van der Waals surface area contributed by atoms with Gasteiger partial charge in [-0.3, -0.25) is 14.2 Å². The van der Waals surface area contributed by atoms with Gasteiger partial charge in [-0.1, -0.05) is 18.2 Å². The Morgan fingerprint density at radius 3 is 2.76 bits per heavy atom. The number of para-hydroxylation sites is 1. The van der Waals surface area contributed by atoms with Crippen molar-refractivity contribution in [2.75, 3.05) is 11.4 Å². The van der Waals surface area contributed by atoms with Crippen LogP contribution >= 0.6 is 0 Å². The van der Waals surface area contributed by atoms with Crippen LogP contribution in [0.15, 0.2) is 35.1 Å². The largest absolute Gasteiger partial charge is 0.310 e. The summed E-state index contributed by atoms with van der Waals surface area (Å²) in [6.07, 6.45) is 3.28. The van der Waals surface area contributed by atoms with E-state index < -0.39 is 0 Å². The number of amides is 1. The van der Waals surface area contributed by atoms with Gasteiger partial charge in [0, 0.05) is 23.5 Å². The van der Waals surface area contributed by atoms with Gasteiger partial charge in [0.15, 0.2) is 0 Å². The molecule has 7 nitrogen and oxygen atoms in total. The Labute approximate surface area is 168 Å². The molecule has 0 spiro atoms. The number of anilines is 1. The van der Waals surface area contributed by atoms with E-state index in [-0.39, 0.29) is 18.0 Å². The molecule has 29 heavy (non-hydrogen) atoms. The molecule has 1 amide bonds. The van der Waals surface area contributed by atoms with Gasteiger partial charge in [-0.2, -0.15) is 5.10 Å². The molecule has 1 aliphatic carbocycles. The van der Waals surface area contributed by atoms with E-state index in [1.165, 1.54) is 10.1 Å². The van der Waals surface area contributed by atoms with Crippen LogP contribution < -0.4 is 10.5 Å². The average molecular weight is 389 g/mol. The first-order valence-corrected chi connectivity index (χ1v) is 10.1. The fraction of sp³-hybridized carbons (Fsp3) is 0.364. The van der Waals surface area contributed by atoms with E-state index in [2.05, 4.69) is 5.10 Å². The van der Waals surface area contributed by atoms with Crippen LogP contribution in [0, 0.1) is 13.8 Å². The molecule has 0 saturated carbocycles. The van der Waals surface area contributed by atoms with Gasteiger partial charge in [0.1, 0.15) is 6.54 Å². The SMILES string of the molecule is Cc1cc(C)n(-c2nc3c(c(=O)n2CC(=O)N2CCc4ccccc42)CCC3)n1. The number of aryl methyl sites for hydroxylation is 3. The highest BCUT2D eigenvalue weighted by Crippen LogP contribution is 2.28. The normalized spacial score (nSPS) is 14.9. The van der Waals surface area contributed by atoms with Crippen LogP contribution in [-0.4, -0.2) is 31.8 Å². The molecule has 0 atom stereocenters. The Balaban J connectivity index is 1.59. The van der Waals surface area contributed by atoms with Gasteiger partial charge < -0.3 is 4.90 Å². The second kappa shape index (κ2) is 6.69. The third kappa shape index (κ3) is 2.88. The molecule has 7 heteroatoms. The first kappa shape index (κ1) is 17.8. The highest BCUT2D eigenvalue weighted by atomic mass is 16.2. The minimum Gasteiger partial charge on any atom is -0.310 e. The Morgan fingerprint density at radius 2 is 1.97 bits per heavy atom. The van der Waals surface area contributed by atoms with Gasteiger partial charge in [0.05, 0.1) is 11.4 Å². The Morgan fingerprint density at radius 1 is 1.14 bits per heavy atom. The van der Waals surface area contributed by atoms with Gasteiger partial charge in [0.2, 0.25) is 11.9 Å². The molecule has 5 rings (SSSR count). The van der Waals surface area contributed by atoms with Crippen LogP contribution in [0.1, 0.15) is 34.6 Å². The number of hydrogen-bond donors (Lipinski definition) is 0. The van der Waals surface area contributed by atoms with E-state index in [1.807, 2.05) is 44.2 Å². The van der Waals surface area contributed by atoms with Crippen molar-refractivity contribution in [1.82, 2.24) is 19.3 Å². The lowest BCUT2D eigenvalue weighted by atomic mass is 10.2. The zero-order valence-electron chi connectivity index (χ0n) is 16.7. The molecule has 0 unspecified atom stereocenters. The zero-order valence-corrected chi connectivity index (χ0v) is 16.7. The maximum atomic E-state index is 13.3. The summed E-state index contributed by atoms with van der Waals surface area (Å²) in [5.41, 5.74) is 5.31. The number of hydrogen-bond acceptors (Lipinski definition) is 4. The standard InChI is InChI=1S/C22H23N5O2/c1-14-12-15(2)27(24-14)22-23-18-8-5-7-17(18)21(29)26(22)13-20(28)25-11-10-16-6-3-4-9-19(16)25/h3-4,6,9,12H,5,7-8,10-11,13H2,1-2H3. The molecule has 2 aromatic heterocycles. The van der Waals surface area contributed by atoms with Crippen molar-refractivity contribution in [3.63, 3.8) is 0 Å². The van der Waals surface area contributed by atoms with Crippen molar-refractivity contribution in [3.8, 4) is 5.95 Å². The molecule has 0 bridgehead atoms. The van der Waals surface area contributed by atoms with Crippen molar-refractivity contribution in [2.45, 2.75) is 46.1 Å². The van der Waals surface area contributed by atoms with E-state index in [0.717, 1.165) is 54.0 Å². The van der Waals surface area contributed by atoms with E-state index in [9.17, 15) is 9.59 Å². The number of fused-ring (bicyclic) bond motifs is 2. The van der Waals surface area contributed by atoms with E-state index >= 15 is 0 Å². The molecule has 0 saturated heterocycles. The lowest BCUT2D eigenvalue weighted by molar-refractivity contribution is -0.119. The second-order valence-electron chi connectivity index (χ2n) is 7.84. The summed E-state index contributed by atoms with van der Waals surface area (Å²) in [5.74, 6) is 0.335. The molecule has 1 aromatic carbocycles. The minimum atomic E-state index is -0.115. The topological polar surface area (TPSA) is 73.0 Å². The van der Waals surface area contributed by atoms with Crippen LogP contribution in [0.2, 0.25) is 0 Å². The van der Waals surface area contributed by atoms with Crippen LogP contribution in [0.5, 0.6) is 0 Å². The van der Waals surface area contributed by atoms with Gasteiger partial charge in [-0.15, -0.1) is 0 Å². The summed E-state index contributed by atoms with van der Waals surface area (Å²) in [6.45, 7) is 4.44. The Hall–Kier alpha value is -3.22. The van der Waals surface area contributed by atoms with Crippen molar-refractivity contribution >= 4 is 11.6 Å². The summed E-state index contributed by atoms with van der Waals surface area (Å²) in [6, 6.07) is 9.89. The highest BCUT2D eigenvalue weighted by molar-refractivity contribution is 5.95. The lowest BCUT2D eigenvalue weighted by Crippen LogP contribution is -2.38. The van der Waals surface area contributed by atoms with Crippen LogP contribution in [-0.2, 0) is 30.6 Å². The van der Waals surface area contributed by atoms with Crippen LogP contribution in [0.4, 0.5) is 5.69 Å². The number of nitrogens with zero attached hydrogens (tertiary/aromatic N) is 5. The Bertz CT molecular complexity index is 1190. The van der Waals surface area contributed by atoms with E-state index in [1.54, 1.807) is 9.58 Å². The van der Waals surface area contributed by atoms with Crippen molar-refractivity contribution in [2.24, 2.45) is 0 Å². The number of carbonyl (C=O) groups is 1. The third-order valence-corrected chi connectivity index (χ3v) is 5.85. The van der Waals surface area contributed by atoms with Gasteiger partial charge >= 0.3 is 0 Å². The average Bonchev–Trinajstić information content (AvgIpc) is 3.41.